The fraction of sp³-hybridized carbons (Fsp3) is 0.318. The van der Waals surface area contributed by atoms with E-state index in [0.29, 0.717) is 28.3 Å². The predicted molar refractivity (Wildman–Crippen MR) is 114 cm³/mol. The third-order valence-corrected chi connectivity index (χ3v) is 4.92. The summed E-state index contributed by atoms with van der Waals surface area (Å²) in [5, 5.41) is 7.35. The van der Waals surface area contributed by atoms with Gasteiger partial charge in [-0.3, -0.25) is 9.69 Å². The molecule has 3 aromatic rings. The van der Waals surface area contributed by atoms with Crippen LogP contribution in [0.5, 0.6) is 0 Å². The van der Waals surface area contributed by atoms with Crippen molar-refractivity contribution in [2.75, 3.05) is 6.54 Å². The van der Waals surface area contributed by atoms with Crippen LogP contribution in [0.15, 0.2) is 53.1 Å². The lowest BCUT2D eigenvalue weighted by atomic mass is 10.1. The maximum Gasteiger partial charge on any atom is 0.251 e. The Morgan fingerprint density at radius 1 is 1.21 bits per heavy atom. The van der Waals surface area contributed by atoms with Crippen LogP contribution in [0, 0.1) is 0 Å². The first-order chi connectivity index (χ1) is 14.0. The average Bonchev–Trinajstić information content (AvgIpc) is 3.19. The molecular formula is C22H25ClN4O2. The van der Waals surface area contributed by atoms with E-state index in [1.165, 1.54) is 5.56 Å². The van der Waals surface area contributed by atoms with Gasteiger partial charge in [0.25, 0.3) is 5.91 Å². The van der Waals surface area contributed by atoms with E-state index in [0.717, 1.165) is 18.7 Å². The van der Waals surface area contributed by atoms with E-state index in [-0.39, 0.29) is 12.5 Å². The molecule has 29 heavy (non-hydrogen) atoms. The van der Waals surface area contributed by atoms with Crippen molar-refractivity contribution in [3.8, 4) is 11.4 Å². The second kappa shape index (κ2) is 9.67. The number of hydrogen-bond donors (Lipinski definition) is 1. The van der Waals surface area contributed by atoms with Gasteiger partial charge >= 0.3 is 0 Å². The van der Waals surface area contributed by atoms with Gasteiger partial charge in [0.2, 0.25) is 11.7 Å². The molecule has 2 aromatic carbocycles. The highest BCUT2D eigenvalue weighted by molar-refractivity contribution is 6.30. The van der Waals surface area contributed by atoms with Gasteiger partial charge in [-0.05, 0) is 50.2 Å². The molecule has 1 amide bonds. The number of rotatable bonds is 8. The first kappa shape index (κ1) is 21.0. The molecule has 152 valence electrons. The average molecular weight is 413 g/mol. The van der Waals surface area contributed by atoms with Crippen LogP contribution in [0.2, 0.25) is 5.02 Å². The van der Waals surface area contributed by atoms with Gasteiger partial charge in [0.1, 0.15) is 0 Å². The third-order valence-electron chi connectivity index (χ3n) is 4.69. The van der Waals surface area contributed by atoms with Gasteiger partial charge in [-0.25, -0.2) is 0 Å². The molecule has 1 aromatic heterocycles. The van der Waals surface area contributed by atoms with E-state index in [1.807, 2.05) is 36.4 Å². The lowest BCUT2D eigenvalue weighted by molar-refractivity contribution is 0.0946. The predicted octanol–water partition coefficient (Wildman–Crippen LogP) is 4.55. The molecule has 1 N–H and O–H groups in total. The van der Waals surface area contributed by atoms with E-state index in [2.05, 4.69) is 41.1 Å². The molecular weight excluding hydrogens is 388 g/mol. The summed E-state index contributed by atoms with van der Waals surface area (Å²) < 4.78 is 5.22. The molecule has 0 saturated heterocycles. The van der Waals surface area contributed by atoms with Crippen molar-refractivity contribution < 1.29 is 9.32 Å². The zero-order valence-electron chi connectivity index (χ0n) is 16.9. The molecule has 7 heteroatoms. The fourth-order valence-electron chi connectivity index (χ4n) is 2.99. The first-order valence-electron chi connectivity index (χ1n) is 9.66. The van der Waals surface area contributed by atoms with Gasteiger partial charge in [0.05, 0.1) is 6.54 Å². The van der Waals surface area contributed by atoms with Crippen LogP contribution in [0.4, 0.5) is 0 Å². The van der Waals surface area contributed by atoms with Crippen LogP contribution in [0.3, 0.4) is 0 Å². The molecule has 0 spiro atoms. The van der Waals surface area contributed by atoms with Crippen LogP contribution in [-0.4, -0.2) is 33.5 Å². The van der Waals surface area contributed by atoms with Crippen molar-refractivity contribution in [3.05, 3.63) is 70.6 Å². The minimum absolute atomic E-state index is 0.158. The molecule has 6 nitrogen and oxygen atoms in total. The quantitative estimate of drug-likeness (QED) is 0.587. The maximum absolute atomic E-state index is 12.4. The van der Waals surface area contributed by atoms with Gasteiger partial charge in [0.15, 0.2) is 0 Å². The number of nitrogens with zero attached hydrogens (tertiary/aromatic N) is 3. The van der Waals surface area contributed by atoms with Crippen LogP contribution in [0.1, 0.15) is 42.6 Å². The van der Waals surface area contributed by atoms with E-state index < -0.39 is 0 Å². The monoisotopic (exact) mass is 412 g/mol. The van der Waals surface area contributed by atoms with E-state index in [4.69, 9.17) is 16.1 Å². The fourth-order valence-corrected chi connectivity index (χ4v) is 3.18. The van der Waals surface area contributed by atoms with Crippen molar-refractivity contribution >= 4 is 17.5 Å². The summed E-state index contributed by atoms with van der Waals surface area (Å²) in [5.74, 6) is 0.586. The largest absolute Gasteiger partial charge is 0.343 e. The topological polar surface area (TPSA) is 71.3 Å². The minimum Gasteiger partial charge on any atom is -0.343 e. The summed E-state index contributed by atoms with van der Waals surface area (Å²) in [6.07, 6.45) is 0. The number of carbonyl (C=O) groups excluding carboxylic acids is 1. The lowest BCUT2D eigenvalue weighted by Crippen LogP contribution is -2.30. The molecule has 3 rings (SSSR count). The molecule has 0 atom stereocenters. The standard InChI is InChI=1S/C22H25ClN4O2/c1-4-27(15(2)3)14-16-8-10-17(11-9-16)22(28)24-13-20-25-21(26-29-20)18-6-5-7-19(23)12-18/h5-12,15H,4,13-14H2,1-3H3,(H,24,28). The van der Waals surface area contributed by atoms with Crippen molar-refractivity contribution in [2.24, 2.45) is 0 Å². The Balaban J connectivity index is 1.57. The molecule has 0 saturated carbocycles. The van der Waals surface area contributed by atoms with Gasteiger partial charge in [0, 0.05) is 28.7 Å². The Kier molecular flexibility index (Phi) is 7.01. The van der Waals surface area contributed by atoms with Crippen LogP contribution < -0.4 is 5.32 Å². The molecule has 0 aliphatic carbocycles. The van der Waals surface area contributed by atoms with Crippen LogP contribution in [-0.2, 0) is 13.1 Å². The van der Waals surface area contributed by atoms with Crippen molar-refractivity contribution in [3.63, 3.8) is 0 Å². The molecule has 0 unspecified atom stereocenters. The second-order valence-corrected chi connectivity index (χ2v) is 7.49. The summed E-state index contributed by atoms with van der Waals surface area (Å²) in [6, 6.07) is 15.3. The van der Waals surface area contributed by atoms with Crippen molar-refractivity contribution in [1.29, 1.82) is 0 Å². The van der Waals surface area contributed by atoms with Gasteiger partial charge in [-0.1, -0.05) is 47.9 Å². The number of aromatic nitrogens is 2. The molecule has 0 fully saturated rings. The SMILES string of the molecule is CCN(Cc1ccc(C(=O)NCc2nc(-c3cccc(Cl)c3)no2)cc1)C(C)C. The molecule has 0 aliphatic rings. The Morgan fingerprint density at radius 2 is 1.97 bits per heavy atom. The first-order valence-corrected chi connectivity index (χ1v) is 10.0. The number of nitrogens with one attached hydrogen (secondary N) is 1. The maximum atomic E-state index is 12.4. The molecule has 0 radical (unpaired) electrons. The smallest absolute Gasteiger partial charge is 0.251 e. The Hall–Kier alpha value is -2.70. The van der Waals surface area contributed by atoms with Crippen molar-refractivity contribution in [1.82, 2.24) is 20.4 Å². The minimum atomic E-state index is -0.185. The Labute approximate surface area is 175 Å². The summed E-state index contributed by atoms with van der Waals surface area (Å²) >= 11 is 5.99. The summed E-state index contributed by atoms with van der Waals surface area (Å²) in [7, 11) is 0. The highest BCUT2D eigenvalue weighted by Gasteiger charge is 2.12. The number of halogens is 1. The van der Waals surface area contributed by atoms with Crippen LogP contribution in [0.25, 0.3) is 11.4 Å². The van der Waals surface area contributed by atoms with E-state index >= 15 is 0 Å². The number of carbonyl (C=O) groups is 1. The Morgan fingerprint density at radius 3 is 2.62 bits per heavy atom. The molecule has 1 heterocycles. The lowest BCUT2D eigenvalue weighted by Gasteiger charge is -2.24. The third kappa shape index (κ3) is 5.65. The number of benzene rings is 2. The highest BCUT2D eigenvalue weighted by Crippen LogP contribution is 2.20. The Bertz CT molecular complexity index is 953. The van der Waals surface area contributed by atoms with Crippen molar-refractivity contribution in [2.45, 2.75) is 39.9 Å². The number of hydrogen-bond acceptors (Lipinski definition) is 5. The zero-order chi connectivity index (χ0) is 20.8. The molecule has 0 bridgehead atoms. The summed E-state index contributed by atoms with van der Waals surface area (Å²) in [6.45, 7) is 8.52. The second-order valence-electron chi connectivity index (χ2n) is 7.06. The summed E-state index contributed by atoms with van der Waals surface area (Å²) in [4.78, 5) is 19.1. The van der Waals surface area contributed by atoms with E-state index in [9.17, 15) is 4.79 Å². The summed E-state index contributed by atoms with van der Waals surface area (Å²) in [5.41, 5.74) is 2.54. The zero-order valence-corrected chi connectivity index (χ0v) is 17.6. The van der Waals surface area contributed by atoms with E-state index in [1.54, 1.807) is 12.1 Å². The normalized spacial score (nSPS) is 11.2. The highest BCUT2D eigenvalue weighted by atomic mass is 35.5. The number of amides is 1. The van der Waals surface area contributed by atoms with Gasteiger partial charge < -0.3 is 9.84 Å². The van der Waals surface area contributed by atoms with Gasteiger partial charge in [-0.2, -0.15) is 4.98 Å². The molecule has 0 aliphatic heterocycles. The van der Waals surface area contributed by atoms with Crippen LogP contribution >= 0.6 is 11.6 Å². The van der Waals surface area contributed by atoms with Gasteiger partial charge in [-0.15, -0.1) is 0 Å².